The molecule has 0 bridgehead atoms. The standard InChI is InChI=1S/C12H24N2O4S/c1-8(2)6-10(14-19(3,17)18)12(16)13-7-11(15)9-4-5-9/h8-11,14-15H,4-7H2,1-3H3,(H,13,16). The van der Waals surface area contributed by atoms with E-state index in [1.807, 2.05) is 13.8 Å². The van der Waals surface area contributed by atoms with Crippen LogP contribution in [0.25, 0.3) is 0 Å². The average Bonchev–Trinajstić information content (AvgIpc) is 3.05. The lowest BCUT2D eigenvalue weighted by Gasteiger charge is -2.20. The van der Waals surface area contributed by atoms with Crippen molar-refractivity contribution in [2.24, 2.45) is 11.8 Å². The second-order valence-corrected chi connectivity index (χ2v) is 7.50. The molecule has 1 amide bonds. The van der Waals surface area contributed by atoms with Crippen LogP contribution in [0.15, 0.2) is 0 Å². The number of hydrogen-bond donors (Lipinski definition) is 3. The van der Waals surface area contributed by atoms with Gasteiger partial charge in [0.2, 0.25) is 15.9 Å². The molecule has 0 radical (unpaired) electrons. The predicted molar refractivity (Wildman–Crippen MR) is 73.0 cm³/mol. The summed E-state index contributed by atoms with van der Waals surface area (Å²) in [6, 6.07) is -0.776. The summed E-state index contributed by atoms with van der Waals surface area (Å²) in [5.74, 6) is 0.101. The van der Waals surface area contributed by atoms with Crippen molar-refractivity contribution in [3.8, 4) is 0 Å². The monoisotopic (exact) mass is 292 g/mol. The smallest absolute Gasteiger partial charge is 0.238 e. The first kappa shape index (κ1) is 16.4. The molecule has 0 spiro atoms. The number of sulfonamides is 1. The number of aliphatic hydroxyl groups is 1. The summed E-state index contributed by atoms with van der Waals surface area (Å²) < 4.78 is 24.8. The van der Waals surface area contributed by atoms with Gasteiger partial charge in [0.05, 0.1) is 12.4 Å². The Hall–Kier alpha value is -0.660. The minimum absolute atomic E-state index is 0.184. The van der Waals surface area contributed by atoms with Gasteiger partial charge in [0.1, 0.15) is 6.04 Å². The molecule has 1 aliphatic carbocycles. The maximum atomic E-state index is 12.0. The maximum absolute atomic E-state index is 12.0. The van der Waals surface area contributed by atoms with Crippen LogP contribution in [0.5, 0.6) is 0 Å². The molecule has 1 fully saturated rings. The highest BCUT2D eigenvalue weighted by Gasteiger charge is 2.30. The van der Waals surface area contributed by atoms with E-state index < -0.39 is 22.2 Å². The largest absolute Gasteiger partial charge is 0.391 e. The molecule has 0 aromatic heterocycles. The Morgan fingerprint density at radius 1 is 1.37 bits per heavy atom. The molecule has 0 aromatic carbocycles. The first-order valence-corrected chi connectivity index (χ1v) is 8.51. The fourth-order valence-electron chi connectivity index (χ4n) is 1.91. The van der Waals surface area contributed by atoms with E-state index in [0.29, 0.717) is 6.42 Å². The Morgan fingerprint density at radius 3 is 2.37 bits per heavy atom. The van der Waals surface area contributed by atoms with Crippen molar-refractivity contribution in [1.29, 1.82) is 0 Å². The third-order valence-electron chi connectivity index (χ3n) is 3.03. The van der Waals surface area contributed by atoms with Gasteiger partial charge in [0.25, 0.3) is 0 Å². The van der Waals surface area contributed by atoms with Crippen LogP contribution >= 0.6 is 0 Å². The second-order valence-electron chi connectivity index (χ2n) is 5.72. The predicted octanol–water partition coefficient (Wildman–Crippen LogP) is -0.163. The first-order chi connectivity index (χ1) is 8.69. The highest BCUT2D eigenvalue weighted by atomic mass is 32.2. The number of carbonyl (C=O) groups excluding carboxylic acids is 1. The molecule has 1 saturated carbocycles. The number of nitrogens with one attached hydrogen (secondary N) is 2. The molecule has 1 aliphatic rings. The van der Waals surface area contributed by atoms with E-state index in [1.165, 1.54) is 0 Å². The van der Waals surface area contributed by atoms with Crippen LogP contribution in [0.4, 0.5) is 0 Å². The molecule has 1 rings (SSSR count). The zero-order chi connectivity index (χ0) is 14.6. The van der Waals surface area contributed by atoms with E-state index in [1.54, 1.807) is 0 Å². The van der Waals surface area contributed by atoms with Crippen LogP contribution in [0.3, 0.4) is 0 Å². The van der Waals surface area contributed by atoms with E-state index in [4.69, 9.17) is 0 Å². The molecule has 2 atom stereocenters. The van der Waals surface area contributed by atoms with Gasteiger partial charge in [-0.2, -0.15) is 0 Å². The van der Waals surface area contributed by atoms with Crippen molar-refractivity contribution < 1.29 is 18.3 Å². The third kappa shape index (κ3) is 6.89. The van der Waals surface area contributed by atoms with E-state index in [-0.39, 0.29) is 24.3 Å². The third-order valence-corrected chi connectivity index (χ3v) is 3.74. The van der Waals surface area contributed by atoms with Crippen molar-refractivity contribution in [2.45, 2.75) is 45.3 Å². The fraction of sp³-hybridized carbons (Fsp3) is 0.917. The number of amides is 1. The molecular formula is C12H24N2O4S. The molecule has 0 aromatic rings. The Morgan fingerprint density at radius 2 is 1.95 bits per heavy atom. The van der Waals surface area contributed by atoms with Gasteiger partial charge in [-0.3, -0.25) is 4.79 Å². The van der Waals surface area contributed by atoms with Gasteiger partial charge in [-0.05, 0) is 31.1 Å². The number of carbonyl (C=O) groups is 1. The molecule has 19 heavy (non-hydrogen) atoms. The van der Waals surface area contributed by atoms with Gasteiger partial charge >= 0.3 is 0 Å². The van der Waals surface area contributed by atoms with Crippen molar-refractivity contribution in [2.75, 3.05) is 12.8 Å². The lowest BCUT2D eigenvalue weighted by Crippen LogP contribution is -2.48. The quantitative estimate of drug-likeness (QED) is 0.579. The highest BCUT2D eigenvalue weighted by Crippen LogP contribution is 2.32. The Balaban J connectivity index is 2.49. The van der Waals surface area contributed by atoms with Crippen LogP contribution in [-0.4, -0.2) is 44.4 Å². The molecule has 6 nitrogen and oxygen atoms in total. The summed E-state index contributed by atoms with van der Waals surface area (Å²) in [6.07, 6.45) is 2.93. The Bertz CT molecular complexity index is 404. The molecule has 3 N–H and O–H groups in total. The lowest BCUT2D eigenvalue weighted by atomic mass is 10.0. The van der Waals surface area contributed by atoms with Crippen LogP contribution in [0.1, 0.15) is 33.1 Å². The van der Waals surface area contributed by atoms with E-state index in [0.717, 1.165) is 19.1 Å². The molecule has 112 valence electrons. The molecule has 0 saturated heterocycles. The number of rotatable bonds is 8. The maximum Gasteiger partial charge on any atom is 0.238 e. The summed E-state index contributed by atoms with van der Waals surface area (Å²) in [7, 11) is -3.43. The van der Waals surface area contributed by atoms with Gasteiger partial charge in [-0.15, -0.1) is 0 Å². The summed E-state index contributed by atoms with van der Waals surface area (Å²) in [6.45, 7) is 4.02. The second kappa shape index (κ2) is 6.67. The lowest BCUT2D eigenvalue weighted by molar-refractivity contribution is -0.123. The van der Waals surface area contributed by atoms with Crippen molar-refractivity contribution >= 4 is 15.9 Å². The van der Waals surface area contributed by atoms with Crippen molar-refractivity contribution in [3.05, 3.63) is 0 Å². The molecule has 0 aliphatic heterocycles. The summed E-state index contributed by atoms with van der Waals surface area (Å²) in [5, 5.41) is 12.3. The van der Waals surface area contributed by atoms with E-state index in [2.05, 4.69) is 10.0 Å². The van der Waals surface area contributed by atoms with Crippen molar-refractivity contribution in [1.82, 2.24) is 10.0 Å². The minimum Gasteiger partial charge on any atom is -0.391 e. The minimum atomic E-state index is -3.43. The van der Waals surface area contributed by atoms with Gasteiger partial charge in [0.15, 0.2) is 0 Å². The summed E-state index contributed by atoms with van der Waals surface area (Å²) in [5.41, 5.74) is 0. The Kier molecular flexibility index (Phi) is 5.76. The number of hydrogen-bond acceptors (Lipinski definition) is 4. The van der Waals surface area contributed by atoms with Gasteiger partial charge in [0, 0.05) is 6.54 Å². The SMILES string of the molecule is CC(C)CC(NS(C)(=O)=O)C(=O)NCC(O)C1CC1. The van der Waals surface area contributed by atoms with E-state index >= 15 is 0 Å². The topological polar surface area (TPSA) is 95.5 Å². The first-order valence-electron chi connectivity index (χ1n) is 6.62. The molecule has 2 unspecified atom stereocenters. The molecule has 0 heterocycles. The zero-order valence-corrected chi connectivity index (χ0v) is 12.5. The van der Waals surface area contributed by atoms with E-state index in [9.17, 15) is 18.3 Å². The summed E-state index contributed by atoms with van der Waals surface area (Å²) in [4.78, 5) is 12.0. The fourth-order valence-corrected chi connectivity index (χ4v) is 2.63. The highest BCUT2D eigenvalue weighted by molar-refractivity contribution is 7.88. The number of aliphatic hydroxyl groups excluding tert-OH is 1. The van der Waals surface area contributed by atoms with Crippen LogP contribution in [0, 0.1) is 11.8 Å². The molecular weight excluding hydrogens is 268 g/mol. The van der Waals surface area contributed by atoms with Crippen LogP contribution in [-0.2, 0) is 14.8 Å². The zero-order valence-electron chi connectivity index (χ0n) is 11.7. The average molecular weight is 292 g/mol. The van der Waals surface area contributed by atoms with Gasteiger partial charge in [-0.25, -0.2) is 13.1 Å². The van der Waals surface area contributed by atoms with Crippen LogP contribution in [0.2, 0.25) is 0 Å². The van der Waals surface area contributed by atoms with Gasteiger partial charge in [-0.1, -0.05) is 13.8 Å². The molecule has 7 heteroatoms. The normalized spacial score (nSPS) is 19.2. The summed E-state index contributed by atoms with van der Waals surface area (Å²) >= 11 is 0. The van der Waals surface area contributed by atoms with Crippen LogP contribution < -0.4 is 10.0 Å². The van der Waals surface area contributed by atoms with Crippen molar-refractivity contribution in [3.63, 3.8) is 0 Å². The van der Waals surface area contributed by atoms with Gasteiger partial charge < -0.3 is 10.4 Å². The Labute approximate surface area is 115 Å².